The summed E-state index contributed by atoms with van der Waals surface area (Å²) in [5, 5.41) is 6.84. The highest BCUT2D eigenvalue weighted by atomic mass is 35.5. The molecule has 0 spiro atoms. The van der Waals surface area contributed by atoms with Crippen molar-refractivity contribution in [3.63, 3.8) is 0 Å². The van der Waals surface area contributed by atoms with E-state index in [1.807, 2.05) is 19.1 Å². The topological polar surface area (TPSA) is 41.1 Å². The normalized spacial score (nSPS) is 23.7. The van der Waals surface area contributed by atoms with Gasteiger partial charge in [-0.2, -0.15) is 0 Å². The average molecular weight is 253 g/mol. The minimum absolute atomic E-state index is 0.0927. The highest BCUT2D eigenvalue weighted by Gasteiger charge is 2.30. The van der Waals surface area contributed by atoms with Crippen LogP contribution in [0, 0.1) is 6.92 Å². The number of amides is 1. The summed E-state index contributed by atoms with van der Waals surface area (Å²) in [5.74, 6) is -0.0927. The molecule has 2 N–H and O–H groups in total. The van der Waals surface area contributed by atoms with Gasteiger partial charge >= 0.3 is 0 Å². The van der Waals surface area contributed by atoms with Crippen molar-refractivity contribution in [2.24, 2.45) is 0 Å². The molecule has 4 heteroatoms. The van der Waals surface area contributed by atoms with Crippen LogP contribution in [0.25, 0.3) is 0 Å². The first kappa shape index (κ1) is 12.4. The van der Waals surface area contributed by atoms with Crippen LogP contribution in [-0.4, -0.2) is 24.5 Å². The zero-order valence-electron chi connectivity index (χ0n) is 10.1. The highest BCUT2D eigenvalue weighted by Crippen LogP contribution is 2.22. The van der Waals surface area contributed by atoms with Crippen LogP contribution < -0.4 is 10.6 Å². The molecule has 1 heterocycles. The molecule has 1 aromatic rings. The van der Waals surface area contributed by atoms with E-state index in [0.717, 1.165) is 25.1 Å². The quantitative estimate of drug-likeness (QED) is 0.847. The van der Waals surface area contributed by atoms with Crippen LogP contribution in [0.1, 0.15) is 29.3 Å². The van der Waals surface area contributed by atoms with Crippen LogP contribution >= 0.6 is 11.6 Å². The van der Waals surface area contributed by atoms with Gasteiger partial charge in [-0.25, -0.2) is 0 Å². The van der Waals surface area contributed by atoms with Crippen LogP contribution in [-0.2, 0) is 0 Å². The summed E-state index contributed by atoms with van der Waals surface area (Å²) in [7, 11) is 0. The van der Waals surface area contributed by atoms with Gasteiger partial charge in [0.2, 0.25) is 0 Å². The smallest absolute Gasteiger partial charge is 0.253 e. The fourth-order valence-electron chi connectivity index (χ4n) is 2.09. The second-order valence-electron chi connectivity index (χ2n) is 4.88. The molecule has 92 valence electrons. The van der Waals surface area contributed by atoms with Crippen molar-refractivity contribution in [1.82, 2.24) is 10.6 Å². The molecule has 1 unspecified atom stereocenters. The number of hydrogen-bond donors (Lipinski definition) is 2. The van der Waals surface area contributed by atoms with Gasteiger partial charge in [-0.1, -0.05) is 23.7 Å². The average Bonchev–Trinajstić information content (AvgIpc) is 2.68. The number of hydrogen-bond acceptors (Lipinski definition) is 2. The van der Waals surface area contributed by atoms with Crippen molar-refractivity contribution in [1.29, 1.82) is 0 Å². The Balaban J connectivity index is 2.17. The summed E-state index contributed by atoms with van der Waals surface area (Å²) in [6, 6.07) is 5.51. The first-order valence-corrected chi connectivity index (χ1v) is 6.18. The van der Waals surface area contributed by atoms with Crippen molar-refractivity contribution < 1.29 is 4.79 Å². The molecule has 0 radical (unpaired) electrons. The molecule has 0 aliphatic carbocycles. The van der Waals surface area contributed by atoms with Gasteiger partial charge in [0.1, 0.15) is 0 Å². The molecular weight excluding hydrogens is 236 g/mol. The molecular formula is C13H17ClN2O. The summed E-state index contributed by atoms with van der Waals surface area (Å²) in [4.78, 5) is 12.2. The van der Waals surface area contributed by atoms with Gasteiger partial charge in [-0.05, 0) is 38.4 Å². The minimum atomic E-state index is -0.163. The fourth-order valence-corrected chi connectivity index (χ4v) is 2.30. The third-order valence-corrected chi connectivity index (χ3v) is 3.72. The molecule has 1 aliphatic rings. The lowest BCUT2D eigenvalue weighted by molar-refractivity contribution is 0.0913. The standard InChI is InChI=1S/C13H17ClN2O/c1-9-4-3-5-10(11(9)14)12(17)16-13(2)6-7-15-8-13/h3-5,15H,6-8H2,1-2H3,(H,16,17). The van der Waals surface area contributed by atoms with Crippen molar-refractivity contribution in [2.75, 3.05) is 13.1 Å². The lowest BCUT2D eigenvalue weighted by Crippen LogP contribution is -2.47. The van der Waals surface area contributed by atoms with E-state index < -0.39 is 0 Å². The van der Waals surface area contributed by atoms with Gasteiger partial charge in [0.25, 0.3) is 5.91 Å². The lowest BCUT2D eigenvalue weighted by Gasteiger charge is -2.24. The maximum Gasteiger partial charge on any atom is 0.253 e. The predicted molar refractivity (Wildman–Crippen MR) is 69.5 cm³/mol. The third kappa shape index (κ3) is 2.61. The molecule has 3 nitrogen and oxygen atoms in total. The van der Waals surface area contributed by atoms with E-state index in [2.05, 4.69) is 17.6 Å². The molecule has 17 heavy (non-hydrogen) atoms. The number of halogens is 1. The van der Waals surface area contributed by atoms with Crippen molar-refractivity contribution >= 4 is 17.5 Å². The number of nitrogens with one attached hydrogen (secondary N) is 2. The van der Waals surface area contributed by atoms with E-state index in [4.69, 9.17) is 11.6 Å². The Morgan fingerprint density at radius 1 is 1.53 bits per heavy atom. The van der Waals surface area contributed by atoms with Crippen LogP contribution in [0.2, 0.25) is 5.02 Å². The van der Waals surface area contributed by atoms with Crippen molar-refractivity contribution in [3.05, 3.63) is 34.3 Å². The van der Waals surface area contributed by atoms with E-state index >= 15 is 0 Å². The number of rotatable bonds is 2. The summed E-state index contributed by atoms with van der Waals surface area (Å²) < 4.78 is 0. The minimum Gasteiger partial charge on any atom is -0.346 e. The molecule has 1 amide bonds. The Labute approximate surface area is 107 Å². The van der Waals surface area contributed by atoms with E-state index in [1.165, 1.54) is 0 Å². The molecule has 0 aromatic heterocycles. The lowest BCUT2D eigenvalue weighted by atomic mass is 10.0. The SMILES string of the molecule is Cc1cccc(C(=O)NC2(C)CCNC2)c1Cl. The Hall–Kier alpha value is -1.06. The Morgan fingerprint density at radius 2 is 2.29 bits per heavy atom. The van der Waals surface area contributed by atoms with Crippen molar-refractivity contribution in [2.45, 2.75) is 25.8 Å². The summed E-state index contributed by atoms with van der Waals surface area (Å²) in [5.41, 5.74) is 1.32. The molecule has 1 fully saturated rings. The monoisotopic (exact) mass is 252 g/mol. The van der Waals surface area contributed by atoms with Gasteiger partial charge in [-0.3, -0.25) is 4.79 Å². The Bertz CT molecular complexity index is 439. The maximum absolute atomic E-state index is 12.2. The van der Waals surface area contributed by atoms with Crippen LogP contribution in [0.3, 0.4) is 0 Å². The van der Waals surface area contributed by atoms with Crippen LogP contribution in [0.15, 0.2) is 18.2 Å². The Kier molecular flexibility index (Phi) is 3.40. The first-order chi connectivity index (χ1) is 8.02. The van der Waals surface area contributed by atoms with Gasteiger partial charge in [0, 0.05) is 6.54 Å². The predicted octanol–water partition coefficient (Wildman–Crippen LogP) is 2.13. The first-order valence-electron chi connectivity index (χ1n) is 5.80. The highest BCUT2D eigenvalue weighted by molar-refractivity contribution is 6.34. The van der Waals surface area contributed by atoms with E-state index in [-0.39, 0.29) is 11.4 Å². The third-order valence-electron chi connectivity index (χ3n) is 3.22. The van der Waals surface area contributed by atoms with Crippen LogP contribution in [0.5, 0.6) is 0 Å². The van der Waals surface area contributed by atoms with Gasteiger partial charge in [0.05, 0.1) is 16.1 Å². The van der Waals surface area contributed by atoms with Crippen molar-refractivity contribution in [3.8, 4) is 0 Å². The largest absolute Gasteiger partial charge is 0.346 e. The number of benzene rings is 1. The summed E-state index contributed by atoms with van der Waals surface area (Å²) in [6.07, 6.45) is 0.947. The van der Waals surface area contributed by atoms with Gasteiger partial charge in [-0.15, -0.1) is 0 Å². The number of aryl methyl sites for hydroxylation is 1. The number of carbonyl (C=O) groups excluding carboxylic acids is 1. The van der Waals surface area contributed by atoms with E-state index in [1.54, 1.807) is 6.07 Å². The van der Waals surface area contributed by atoms with Gasteiger partial charge < -0.3 is 10.6 Å². The molecule has 0 saturated carbocycles. The maximum atomic E-state index is 12.2. The second kappa shape index (κ2) is 4.67. The zero-order valence-corrected chi connectivity index (χ0v) is 10.9. The molecule has 1 saturated heterocycles. The zero-order chi connectivity index (χ0) is 12.5. The molecule has 2 rings (SSSR count). The Morgan fingerprint density at radius 3 is 2.94 bits per heavy atom. The van der Waals surface area contributed by atoms with E-state index in [9.17, 15) is 4.79 Å². The molecule has 1 atom stereocenters. The second-order valence-corrected chi connectivity index (χ2v) is 5.26. The van der Waals surface area contributed by atoms with E-state index in [0.29, 0.717) is 10.6 Å². The molecule has 0 bridgehead atoms. The summed E-state index contributed by atoms with van der Waals surface area (Å²) >= 11 is 6.14. The van der Waals surface area contributed by atoms with Crippen LogP contribution in [0.4, 0.5) is 0 Å². The molecule has 1 aromatic carbocycles. The molecule has 1 aliphatic heterocycles. The summed E-state index contributed by atoms with van der Waals surface area (Å²) in [6.45, 7) is 5.70. The number of carbonyl (C=O) groups is 1. The fraction of sp³-hybridized carbons (Fsp3) is 0.462. The van der Waals surface area contributed by atoms with Gasteiger partial charge in [0.15, 0.2) is 0 Å².